The van der Waals surface area contributed by atoms with Gasteiger partial charge in [-0.2, -0.15) is 0 Å². The quantitative estimate of drug-likeness (QED) is 0.187. The van der Waals surface area contributed by atoms with E-state index in [2.05, 4.69) is 76.3 Å². The Kier molecular flexibility index (Phi) is 9.27. The molecule has 228 valence electrons. The predicted octanol–water partition coefficient (Wildman–Crippen LogP) is 9.51. The maximum atomic E-state index is 12.4. The Morgan fingerprint density at radius 1 is 0.818 bits per heavy atom. The molecule has 7 rings (SSSR count). The third kappa shape index (κ3) is 6.10. The molecule has 1 aliphatic heterocycles. The molecule has 2 aromatic heterocycles. The molecule has 5 aromatic rings. The smallest absolute Gasteiger partial charge is 0.314 e. The van der Waals surface area contributed by atoms with Crippen LogP contribution in [0.5, 0.6) is 0 Å². The topological polar surface area (TPSA) is 45.5 Å². The van der Waals surface area contributed by atoms with Crippen molar-refractivity contribution in [2.45, 2.75) is 69.4 Å². The molecule has 1 saturated carbocycles. The fourth-order valence-corrected chi connectivity index (χ4v) is 8.48. The molecule has 0 bridgehead atoms. The normalized spacial score (nSPS) is 17.4. The number of thiophene rings is 1. The van der Waals surface area contributed by atoms with Crippen LogP contribution in [0, 0.1) is 0 Å². The van der Waals surface area contributed by atoms with Gasteiger partial charge in [-0.05, 0) is 79.6 Å². The molecule has 3 aromatic carbocycles. The Morgan fingerprint density at radius 3 is 2.25 bits per heavy atom. The lowest BCUT2D eigenvalue weighted by atomic mass is 9.73. The van der Waals surface area contributed by atoms with Gasteiger partial charge in [-0.3, -0.25) is 9.69 Å². The largest absolute Gasteiger partial charge is 0.481 e. The van der Waals surface area contributed by atoms with Gasteiger partial charge in [0.15, 0.2) is 0 Å². The van der Waals surface area contributed by atoms with E-state index in [-0.39, 0.29) is 12.4 Å². The second-order valence-corrected chi connectivity index (χ2v) is 13.7. The highest BCUT2D eigenvalue weighted by Crippen LogP contribution is 2.39. The lowest BCUT2D eigenvalue weighted by Gasteiger charge is -2.39. The van der Waals surface area contributed by atoms with Crippen LogP contribution in [0.15, 0.2) is 97.2 Å². The van der Waals surface area contributed by atoms with Gasteiger partial charge >= 0.3 is 5.97 Å². The summed E-state index contributed by atoms with van der Waals surface area (Å²) < 4.78 is 2.40. The molecular formula is C38H41ClN2O2S. The molecule has 0 atom stereocenters. The molecular weight excluding hydrogens is 584 g/mol. The summed E-state index contributed by atoms with van der Waals surface area (Å²) >= 11 is 1.86. The number of carboxylic acids is 1. The van der Waals surface area contributed by atoms with Crippen LogP contribution in [-0.4, -0.2) is 33.6 Å². The van der Waals surface area contributed by atoms with Gasteiger partial charge in [0.25, 0.3) is 0 Å². The number of halogens is 1. The van der Waals surface area contributed by atoms with Crippen LogP contribution in [-0.2, 0) is 23.3 Å². The molecule has 6 heteroatoms. The number of para-hydroxylation sites is 1. The molecule has 0 unspecified atom stereocenters. The first-order valence-corrected chi connectivity index (χ1v) is 16.7. The summed E-state index contributed by atoms with van der Waals surface area (Å²) in [6.45, 7) is 3.30. The summed E-state index contributed by atoms with van der Waals surface area (Å²) in [6, 6.07) is 32.5. The SMILES string of the molecule is Cl.O=C(O)C1(c2ccccc2)CCN(Cc2ccc(-c3cn(Cc4ccc(C5CCCCC5)cc4)c4ccccc34)s2)CC1. The van der Waals surface area contributed by atoms with Gasteiger partial charge in [-0.25, -0.2) is 0 Å². The number of nitrogens with zero attached hydrogens (tertiary/aromatic N) is 2. The zero-order valence-electron chi connectivity index (χ0n) is 25.2. The highest BCUT2D eigenvalue weighted by atomic mass is 35.5. The van der Waals surface area contributed by atoms with E-state index < -0.39 is 11.4 Å². The fraction of sp³-hybridized carbons (Fsp3) is 0.342. The summed E-state index contributed by atoms with van der Waals surface area (Å²) in [4.78, 5) is 17.4. The van der Waals surface area contributed by atoms with Crippen molar-refractivity contribution in [3.8, 4) is 10.4 Å². The number of carboxylic acid groups (broad SMARTS) is 1. The van der Waals surface area contributed by atoms with Gasteiger partial charge in [-0.15, -0.1) is 23.7 Å². The number of hydrogen-bond donors (Lipinski definition) is 1. The monoisotopic (exact) mass is 624 g/mol. The molecule has 2 fully saturated rings. The van der Waals surface area contributed by atoms with Gasteiger partial charge in [0.1, 0.15) is 0 Å². The first kappa shape index (κ1) is 30.6. The van der Waals surface area contributed by atoms with E-state index >= 15 is 0 Å². The predicted molar refractivity (Wildman–Crippen MR) is 184 cm³/mol. The van der Waals surface area contributed by atoms with E-state index in [0.717, 1.165) is 37.7 Å². The molecule has 1 N–H and O–H groups in total. The fourth-order valence-electron chi connectivity index (χ4n) is 7.41. The zero-order chi connectivity index (χ0) is 29.2. The van der Waals surface area contributed by atoms with Gasteiger partial charge in [0, 0.05) is 45.5 Å². The molecule has 0 spiro atoms. The standard InChI is InChI=1S/C38H40N2O2S.ClH/c41-37(42)38(31-11-5-2-6-12-31)21-23-39(24-22-38)26-32-19-20-36(43-32)34-27-40(35-14-8-7-13-33(34)35)25-28-15-17-30(18-16-28)29-9-3-1-4-10-29;/h2,5-8,11-20,27,29H,1,3-4,9-10,21-26H2,(H,41,42);1H. The molecule has 44 heavy (non-hydrogen) atoms. The third-order valence-electron chi connectivity index (χ3n) is 9.95. The average molecular weight is 625 g/mol. The summed E-state index contributed by atoms with van der Waals surface area (Å²) in [5.74, 6) is 0.0386. The highest BCUT2D eigenvalue weighted by molar-refractivity contribution is 7.15. The lowest BCUT2D eigenvalue weighted by molar-refractivity contribution is -0.146. The summed E-state index contributed by atoms with van der Waals surface area (Å²) in [5.41, 5.74) is 5.56. The highest BCUT2D eigenvalue weighted by Gasteiger charge is 2.43. The van der Waals surface area contributed by atoms with Crippen molar-refractivity contribution in [2.75, 3.05) is 13.1 Å². The number of carbonyl (C=O) groups is 1. The minimum atomic E-state index is -0.781. The van der Waals surface area contributed by atoms with Crippen molar-refractivity contribution in [1.82, 2.24) is 9.47 Å². The van der Waals surface area contributed by atoms with Crippen LogP contribution in [0.4, 0.5) is 0 Å². The second kappa shape index (κ2) is 13.3. The van der Waals surface area contributed by atoms with Crippen molar-refractivity contribution in [2.24, 2.45) is 0 Å². The Morgan fingerprint density at radius 2 is 1.52 bits per heavy atom. The Bertz CT molecular complexity index is 1690. The summed E-state index contributed by atoms with van der Waals surface area (Å²) in [5, 5.41) is 11.5. The number of aromatic nitrogens is 1. The van der Waals surface area contributed by atoms with E-state index in [1.807, 2.05) is 41.7 Å². The number of aliphatic carboxylic acids is 1. The molecule has 0 amide bonds. The van der Waals surface area contributed by atoms with Crippen LogP contribution in [0.25, 0.3) is 21.3 Å². The van der Waals surface area contributed by atoms with Crippen molar-refractivity contribution < 1.29 is 9.90 Å². The third-order valence-corrected chi connectivity index (χ3v) is 11.1. The van der Waals surface area contributed by atoms with Crippen molar-refractivity contribution >= 4 is 40.6 Å². The van der Waals surface area contributed by atoms with Gasteiger partial charge < -0.3 is 9.67 Å². The van der Waals surface area contributed by atoms with E-state index in [4.69, 9.17) is 0 Å². The molecule has 0 radical (unpaired) electrons. The lowest BCUT2D eigenvalue weighted by Crippen LogP contribution is -2.46. The Balaban J connectivity index is 0.00000343. The number of benzene rings is 3. The minimum absolute atomic E-state index is 0. The van der Waals surface area contributed by atoms with Crippen molar-refractivity contribution in [3.05, 3.63) is 119 Å². The van der Waals surface area contributed by atoms with Crippen LogP contribution in [0.3, 0.4) is 0 Å². The van der Waals surface area contributed by atoms with Gasteiger partial charge in [0.2, 0.25) is 0 Å². The minimum Gasteiger partial charge on any atom is -0.481 e. The van der Waals surface area contributed by atoms with Crippen molar-refractivity contribution in [3.63, 3.8) is 0 Å². The number of piperidine rings is 1. The van der Waals surface area contributed by atoms with E-state index in [0.29, 0.717) is 12.8 Å². The van der Waals surface area contributed by atoms with E-state index in [1.165, 1.54) is 69.5 Å². The van der Waals surface area contributed by atoms with Gasteiger partial charge in [0.05, 0.1) is 5.41 Å². The second-order valence-electron chi connectivity index (χ2n) is 12.6. The first-order chi connectivity index (χ1) is 21.1. The molecule has 1 saturated heterocycles. The van der Waals surface area contributed by atoms with Crippen LogP contribution < -0.4 is 0 Å². The average Bonchev–Trinajstić information content (AvgIpc) is 3.67. The zero-order valence-corrected chi connectivity index (χ0v) is 26.8. The molecule has 3 heterocycles. The van der Waals surface area contributed by atoms with Gasteiger partial charge in [-0.1, -0.05) is 92.1 Å². The summed E-state index contributed by atoms with van der Waals surface area (Å²) in [7, 11) is 0. The number of rotatable bonds is 8. The maximum absolute atomic E-state index is 12.4. The Hall–Kier alpha value is -3.38. The van der Waals surface area contributed by atoms with E-state index in [1.54, 1.807) is 0 Å². The van der Waals surface area contributed by atoms with Crippen LogP contribution >= 0.6 is 23.7 Å². The number of hydrogen-bond acceptors (Lipinski definition) is 3. The van der Waals surface area contributed by atoms with Crippen LogP contribution in [0.2, 0.25) is 0 Å². The van der Waals surface area contributed by atoms with Crippen molar-refractivity contribution in [1.29, 1.82) is 0 Å². The molecule has 2 aliphatic rings. The number of fused-ring (bicyclic) bond motifs is 1. The summed E-state index contributed by atoms with van der Waals surface area (Å²) in [6.07, 6.45) is 10.4. The number of likely N-dealkylation sites (tertiary alicyclic amines) is 1. The van der Waals surface area contributed by atoms with E-state index in [9.17, 15) is 9.90 Å². The van der Waals surface area contributed by atoms with Crippen LogP contribution in [0.1, 0.15) is 72.4 Å². The Labute approximate surface area is 270 Å². The maximum Gasteiger partial charge on any atom is 0.314 e. The molecule has 1 aliphatic carbocycles. The first-order valence-electron chi connectivity index (χ1n) is 15.9. The molecule has 4 nitrogen and oxygen atoms in total.